The van der Waals surface area contributed by atoms with Crippen LogP contribution >= 0.6 is 24.0 Å². The molecule has 0 radical (unpaired) electrons. The molecule has 0 unspecified atom stereocenters. The first-order valence-corrected chi connectivity index (χ1v) is 11.2. The third-order valence-electron chi connectivity index (χ3n) is 6.44. The maximum atomic E-state index is 5.44. The minimum absolute atomic E-state index is 0. The molecule has 1 aliphatic heterocycles. The minimum Gasteiger partial charge on any atom is -0.379 e. The molecule has 0 bridgehead atoms. The van der Waals surface area contributed by atoms with Gasteiger partial charge in [0.2, 0.25) is 0 Å². The van der Waals surface area contributed by atoms with E-state index in [0.29, 0.717) is 12.6 Å². The molecule has 9 heteroatoms. The average molecular weight is 534 g/mol. The van der Waals surface area contributed by atoms with Gasteiger partial charge in [-0.2, -0.15) is 0 Å². The molecule has 1 saturated carbocycles. The number of aryl methyl sites for hydroxylation is 1. The summed E-state index contributed by atoms with van der Waals surface area (Å²) in [4.78, 5) is 7.27. The summed E-state index contributed by atoms with van der Waals surface area (Å²) in [6.45, 7) is 12.8. The van der Waals surface area contributed by atoms with E-state index in [4.69, 9.17) is 9.73 Å². The first kappa shape index (κ1) is 25.3. The molecule has 0 spiro atoms. The molecule has 0 aromatic carbocycles. The summed E-state index contributed by atoms with van der Waals surface area (Å²) in [5.41, 5.74) is 0. The van der Waals surface area contributed by atoms with Gasteiger partial charge < -0.3 is 19.9 Å². The Morgan fingerprint density at radius 2 is 1.87 bits per heavy atom. The molecule has 172 valence electrons. The maximum Gasteiger partial charge on any atom is 0.191 e. The van der Waals surface area contributed by atoms with Crippen molar-refractivity contribution in [1.82, 2.24) is 30.3 Å². The van der Waals surface area contributed by atoms with Gasteiger partial charge in [0, 0.05) is 39.3 Å². The van der Waals surface area contributed by atoms with Crippen LogP contribution in [-0.4, -0.2) is 71.1 Å². The van der Waals surface area contributed by atoms with Crippen LogP contribution in [0.1, 0.15) is 51.2 Å². The first-order valence-electron chi connectivity index (χ1n) is 11.2. The van der Waals surface area contributed by atoms with Gasteiger partial charge in [-0.05, 0) is 44.4 Å². The van der Waals surface area contributed by atoms with Gasteiger partial charge in [0.25, 0.3) is 0 Å². The Kier molecular flexibility index (Phi) is 10.8. The average Bonchev–Trinajstić information content (AvgIpc) is 3.05. The lowest BCUT2D eigenvalue weighted by molar-refractivity contribution is 0.0389. The lowest BCUT2D eigenvalue weighted by Crippen LogP contribution is -2.48. The van der Waals surface area contributed by atoms with Crippen LogP contribution in [0.3, 0.4) is 0 Å². The van der Waals surface area contributed by atoms with Crippen molar-refractivity contribution < 1.29 is 4.74 Å². The largest absolute Gasteiger partial charge is 0.379 e. The summed E-state index contributed by atoms with van der Waals surface area (Å²) in [7, 11) is 1.99. The number of ether oxygens (including phenoxy) is 1. The third kappa shape index (κ3) is 7.64. The Bertz CT molecular complexity index is 650. The van der Waals surface area contributed by atoms with E-state index >= 15 is 0 Å². The Morgan fingerprint density at radius 1 is 1.17 bits per heavy atom. The Morgan fingerprint density at radius 3 is 2.47 bits per heavy atom. The predicted octanol–water partition coefficient (Wildman–Crippen LogP) is 2.32. The van der Waals surface area contributed by atoms with Crippen molar-refractivity contribution in [1.29, 1.82) is 0 Å². The van der Waals surface area contributed by atoms with E-state index in [2.05, 4.69) is 39.6 Å². The van der Waals surface area contributed by atoms with E-state index in [1.54, 1.807) is 0 Å². The van der Waals surface area contributed by atoms with Gasteiger partial charge in [0.05, 0.1) is 13.2 Å². The topological polar surface area (TPSA) is 79.6 Å². The normalized spacial score (nSPS) is 23.3. The zero-order valence-corrected chi connectivity index (χ0v) is 21.4. The molecule has 0 atom stereocenters. The van der Waals surface area contributed by atoms with Crippen LogP contribution in [0.2, 0.25) is 0 Å². The van der Waals surface area contributed by atoms with Crippen molar-refractivity contribution in [2.75, 3.05) is 39.4 Å². The smallest absolute Gasteiger partial charge is 0.191 e. The van der Waals surface area contributed by atoms with E-state index in [-0.39, 0.29) is 24.0 Å². The molecule has 2 fully saturated rings. The van der Waals surface area contributed by atoms with Crippen molar-refractivity contribution >= 4 is 29.9 Å². The van der Waals surface area contributed by atoms with E-state index in [9.17, 15) is 0 Å². The fourth-order valence-electron chi connectivity index (χ4n) is 4.17. The highest BCUT2D eigenvalue weighted by molar-refractivity contribution is 14.0. The molecule has 2 aliphatic rings. The van der Waals surface area contributed by atoms with Crippen LogP contribution < -0.4 is 10.6 Å². The van der Waals surface area contributed by atoms with E-state index in [0.717, 1.165) is 68.8 Å². The highest BCUT2D eigenvalue weighted by Gasteiger charge is 2.24. The number of morpholine rings is 1. The third-order valence-corrected chi connectivity index (χ3v) is 6.44. The van der Waals surface area contributed by atoms with Crippen LogP contribution in [0.15, 0.2) is 4.99 Å². The molecular formula is C21H40IN7O. The second-order valence-electron chi connectivity index (χ2n) is 8.77. The zero-order valence-electron chi connectivity index (χ0n) is 19.1. The second-order valence-corrected chi connectivity index (χ2v) is 8.77. The lowest BCUT2D eigenvalue weighted by atomic mass is 9.80. The number of aromatic nitrogens is 3. The van der Waals surface area contributed by atoms with E-state index in [1.165, 1.54) is 25.7 Å². The quantitative estimate of drug-likeness (QED) is 0.318. The van der Waals surface area contributed by atoms with Crippen LogP contribution in [-0.2, 0) is 18.3 Å². The van der Waals surface area contributed by atoms with Crippen LogP contribution in [0, 0.1) is 18.8 Å². The SMILES string of the molecule is Cc1nnc(CN=C(NCCN2CCOCC2)NC2CCC(C(C)C)CC2)n1C.I. The molecule has 2 N–H and O–H groups in total. The number of halogens is 1. The molecule has 1 aliphatic carbocycles. The summed E-state index contributed by atoms with van der Waals surface area (Å²) in [5, 5.41) is 15.6. The molecule has 0 amide bonds. The van der Waals surface area contributed by atoms with Crippen LogP contribution in [0.4, 0.5) is 0 Å². The molecule has 3 rings (SSSR count). The molecule has 30 heavy (non-hydrogen) atoms. The van der Waals surface area contributed by atoms with E-state index < -0.39 is 0 Å². The molecule has 8 nitrogen and oxygen atoms in total. The molecule has 1 aromatic rings. The summed E-state index contributed by atoms with van der Waals surface area (Å²) >= 11 is 0. The molecule has 2 heterocycles. The van der Waals surface area contributed by atoms with Gasteiger partial charge in [-0.15, -0.1) is 34.2 Å². The fourth-order valence-corrected chi connectivity index (χ4v) is 4.17. The number of hydrogen-bond acceptors (Lipinski definition) is 5. The van der Waals surface area contributed by atoms with Crippen molar-refractivity contribution in [2.45, 2.75) is 59.0 Å². The van der Waals surface area contributed by atoms with Gasteiger partial charge in [-0.3, -0.25) is 4.90 Å². The maximum absolute atomic E-state index is 5.44. The Hall–Kier alpha value is -0.940. The lowest BCUT2D eigenvalue weighted by Gasteiger charge is -2.32. The van der Waals surface area contributed by atoms with Crippen molar-refractivity contribution in [3.8, 4) is 0 Å². The van der Waals surface area contributed by atoms with Gasteiger partial charge in [-0.25, -0.2) is 4.99 Å². The first-order chi connectivity index (χ1) is 14.0. The molecule has 1 aromatic heterocycles. The van der Waals surface area contributed by atoms with Crippen LogP contribution in [0.25, 0.3) is 0 Å². The summed E-state index contributed by atoms with van der Waals surface area (Å²) in [6.07, 6.45) is 5.05. The van der Waals surface area contributed by atoms with Gasteiger partial charge >= 0.3 is 0 Å². The van der Waals surface area contributed by atoms with Crippen LogP contribution in [0.5, 0.6) is 0 Å². The summed E-state index contributed by atoms with van der Waals surface area (Å²) in [5.74, 6) is 4.35. The van der Waals surface area contributed by atoms with Crippen molar-refractivity contribution in [3.05, 3.63) is 11.6 Å². The minimum atomic E-state index is 0. The Labute approximate surface area is 198 Å². The molecular weight excluding hydrogens is 493 g/mol. The zero-order chi connectivity index (χ0) is 20.6. The number of aliphatic imine (C=N–C) groups is 1. The highest BCUT2D eigenvalue weighted by atomic mass is 127. The standard InChI is InChI=1S/C21H39N7O.HI/c1-16(2)18-5-7-19(8-6-18)24-21(22-9-10-28-11-13-29-14-12-28)23-15-20-26-25-17(3)27(20)4;/h16,18-19H,5-15H2,1-4H3,(H2,22,23,24);1H. The van der Waals surface area contributed by atoms with Gasteiger partial charge in [-0.1, -0.05) is 13.8 Å². The number of hydrogen-bond donors (Lipinski definition) is 2. The van der Waals surface area contributed by atoms with Crippen molar-refractivity contribution in [2.24, 2.45) is 23.9 Å². The van der Waals surface area contributed by atoms with Gasteiger partial charge in [0.15, 0.2) is 11.8 Å². The summed E-state index contributed by atoms with van der Waals surface area (Å²) < 4.78 is 7.44. The monoisotopic (exact) mass is 533 g/mol. The van der Waals surface area contributed by atoms with Crippen molar-refractivity contribution in [3.63, 3.8) is 0 Å². The van der Waals surface area contributed by atoms with E-state index in [1.807, 2.05) is 18.5 Å². The Balaban J connectivity index is 0.00000320. The number of guanidine groups is 1. The second kappa shape index (κ2) is 12.8. The number of nitrogens with zero attached hydrogens (tertiary/aromatic N) is 5. The van der Waals surface area contributed by atoms with Gasteiger partial charge in [0.1, 0.15) is 12.4 Å². The number of nitrogens with one attached hydrogen (secondary N) is 2. The number of rotatable bonds is 7. The highest BCUT2D eigenvalue weighted by Crippen LogP contribution is 2.29. The molecule has 1 saturated heterocycles. The fraction of sp³-hybridized carbons (Fsp3) is 0.857. The summed E-state index contributed by atoms with van der Waals surface area (Å²) in [6, 6.07) is 0.501. The predicted molar refractivity (Wildman–Crippen MR) is 131 cm³/mol.